The molecule has 2 N–H and O–H groups in total. The van der Waals surface area contributed by atoms with Gasteiger partial charge in [-0.25, -0.2) is 18.7 Å². The molecule has 192 valence electrons. The van der Waals surface area contributed by atoms with E-state index in [1.807, 2.05) is 43.0 Å². The van der Waals surface area contributed by atoms with Crippen molar-refractivity contribution in [3.05, 3.63) is 70.9 Å². The molecule has 37 heavy (non-hydrogen) atoms. The molecule has 3 heterocycles. The number of carbonyl (C=O) groups excluding carboxylic acids is 2. The third kappa shape index (κ3) is 4.54. The van der Waals surface area contributed by atoms with Crippen molar-refractivity contribution in [2.24, 2.45) is 0 Å². The lowest BCUT2D eigenvalue weighted by Crippen LogP contribution is -2.41. The average molecular weight is 506 g/mol. The highest BCUT2D eigenvalue weighted by atomic mass is 19.1. The van der Waals surface area contributed by atoms with Crippen LogP contribution in [0.3, 0.4) is 0 Å². The molecule has 3 aliphatic rings. The number of nitrogens with zero attached hydrogens (tertiary/aromatic N) is 3. The summed E-state index contributed by atoms with van der Waals surface area (Å²) >= 11 is 0. The Kier molecular flexibility index (Phi) is 6.86. The van der Waals surface area contributed by atoms with Crippen LogP contribution in [0.4, 0.5) is 20.3 Å². The van der Waals surface area contributed by atoms with E-state index in [0.717, 1.165) is 43.5 Å². The zero-order valence-electron chi connectivity index (χ0n) is 20.9. The smallest absolute Gasteiger partial charge is 0.257 e. The molecule has 2 aromatic carbocycles. The van der Waals surface area contributed by atoms with Gasteiger partial charge in [0, 0.05) is 18.3 Å². The van der Waals surface area contributed by atoms with E-state index < -0.39 is 11.6 Å². The molecule has 2 aliphatic heterocycles. The van der Waals surface area contributed by atoms with Gasteiger partial charge in [-0.05, 0) is 55.5 Å². The van der Waals surface area contributed by atoms with E-state index in [0.29, 0.717) is 17.4 Å². The van der Waals surface area contributed by atoms with Crippen LogP contribution in [0.25, 0.3) is 11.4 Å². The van der Waals surface area contributed by atoms with Crippen molar-refractivity contribution in [3.63, 3.8) is 0 Å². The Bertz CT molecular complexity index is 1320. The predicted molar refractivity (Wildman–Crippen MR) is 136 cm³/mol. The highest BCUT2D eigenvalue weighted by Crippen LogP contribution is 2.36. The number of carbonyl (C=O) groups is 2. The summed E-state index contributed by atoms with van der Waals surface area (Å²) in [4.78, 5) is 35.9. The molecule has 0 spiro atoms. The second-order valence-electron chi connectivity index (χ2n) is 9.20. The summed E-state index contributed by atoms with van der Waals surface area (Å²) in [6.07, 6.45) is 4.18. The average Bonchev–Trinajstić information content (AvgIpc) is 3.43. The minimum atomic E-state index is -0.783. The minimum absolute atomic E-state index is 0.136. The van der Waals surface area contributed by atoms with Gasteiger partial charge in [0.2, 0.25) is 5.91 Å². The van der Waals surface area contributed by atoms with Crippen molar-refractivity contribution >= 4 is 23.3 Å². The first kappa shape index (κ1) is 24.8. The Balaban J connectivity index is 0.00000137. The molecule has 1 saturated carbocycles. The van der Waals surface area contributed by atoms with Crippen LogP contribution in [-0.4, -0.2) is 39.3 Å². The fourth-order valence-electron chi connectivity index (χ4n) is 5.05. The highest BCUT2D eigenvalue weighted by Gasteiger charge is 2.38. The van der Waals surface area contributed by atoms with Crippen molar-refractivity contribution in [3.8, 4) is 11.4 Å². The summed E-state index contributed by atoms with van der Waals surface area (Å²) < 4.78 is 28.8. The van der Waals surface area contributed by atoms with Crippen LogP contribution in [0.1, 0.15) is 67.1 Å². The number of rotatable bonds is 5. The van der Waals surface area contributed by atoms with Crippen LogP contribution >= 0.6 is 0 Å². The molecule has 9 heteroatoms. The third-order valence-corrected chi connectivity index (χ3v) is 7.14. The molecule has 0 bridgehead atoms. The molecule has 1 aliphatic carbocycles. The Labute approximate surface area is 214 Å². The van der Waals surface area contributed by atoms with Gasteiger partial charge in [-0.15, -0.1) is 0 Å². The molecular formula is C28H29F2N5O2. The number of hydrogen-bond acceptors (Lipinski definition) is 5. The number of fused-ring (bicyclic) bond motifs is 1. The van der Waals surface area contributed by atoms with Gasteiger partial charge in [0.05, 0.1) is 23.7 Å². The third-order valence-electron chi connectivity index (χ3n) is 7.14. The standard InChI is InChI=1S/C26H23F2N5O2.C2H6/c27-18-5-2-6-19(28)21(18)23-31-20-13-29-25(34)22(20)24(32-23)30-15-9-7-14(8-10-15)17-11-12-33(26(17)35)16-3-1-4-16;1-2/h2,5-10,16-17H,1,3-4,11-13H2,(H,29,34)(H,30,31,32);1-2H3. The summed E-state index contributed by atoms with van der Waals surface area (Å²) in [6, 6.07) is 11.4. The summed E-state index contributed by atoms with van der Waals surface area (Å²) in [5.74, 6) is -1.84. The van der Waals surface area contributed by atoms with Crippen LogP contribution in [0, 0.1) is 11.6 Å². The molecule has 1 atom stereocenters. The van der Waals surface area contributed by atoms with E-state index in [1.165, 1.54) is 12.5 Å². The Hall–Kier alpha value is -3.88. The Morgan fingerprint density at radius 2 is 1.65 bits per heavy atom. The van der Waals surface area contributed by atoms with Gasteiger partial charge in [0.15, 0.2) is 5.82 Å². The lowest BCUT2D eigenvalue weighted by atomic mass is 9.91. The van der Waals surface area contributed by atoms with E-state index in [-0.39, 0.29) is 47.0 Å². The Morgan fingerprint density at radius 3 is 2.30 bits per heavy atom. The second-order valence-corrected chi connectivity index (χ2v) is 9.20. The molecule has 7 nitrogen and oxygen atoms in total. The summed E-state index contributed by atoms with van der Waals surface area (Å²) in [5, 5.41) is 5.79. The van der Waals surface area contributed by atoms with Crippen LogP contribution in [0.15, 0.2) is 42.5 Å². The SMILES string of the molecule is CC.O=C1NCc2nc(-c3c(F)cccc3F)nc(Nc3ccc(C4CCN(C5CCC5)C4=O)cc3)c21. The number of benzene rings is 2. The van der Waals surface area contributed by atoms with Crippen molar-refractivity contribution in [2.75, 3.05) is 11.9 Å². The number of anilines is 2. The monoisotopic (exact) mass is 505 g/mol. The molecular weight excluding hydrogens is 476 g/mol. The van der Waals surface area contributed by atoms with E-state index >= 15 is 0 Å². The minimum Gasteiger partial charge on any atom is -0.346 e. The zero-order chi connectivity index (χ0) is 26.1. The molecule has 2 amide bonds. The van der Waals surface area contributed by atoms with E-state index in [1.54, 1.807) is 0 Å². The maximum Gasteiger partial charge on any atom is 0.257 e. The van der Waals surface area contributed by atoms with Gasteiger partial charge in [0.1, 0.15) is 23.0 Å². The van der Waals surface area contributed by atoms with Crippen molar-refractivity contribution in [2.45, 2.75) is 58.0 Å². The van der Waals surface area contributed by atoms with Crippen molar-refractivity contribution in [1.82, 2.24) is 20.2 Å². The maximum absolute atomic E-state index is 14.4. The van der Waals surface area contributed by atoms with Gasteiger partial charge in [0.25, 0.3) is 5.91 Å². The first-order chi connectivity index (χ1) is 18.0. The molecule has 1 aromatic heterocycles. The second kappa shape index (κ2) is 10.2. The maximum atomic E-state index is 14.4. The number of amides is 2. The van der Waals surface area contributed by atoms with Crippen LogP contribution in [0.5, 0.6) is 0 Å². The number of aromatic nitrogens is 2. The Morgan fingerprint density at radius 1 is 0.946 bits per heavy atom. The molecule has 1 saturated heterocycles. The fraction of sp³-hybridized carbons (Fsp3) is 0.357. The van der Waals surface area contributed by atoms with Gasteiger partial charge in [-0.3, -0.25) is 9.59 Å². The zero-order valence-corrected chi connectivity index (χ0v) is 20.9. The van der Waals surface area contributed by atoms with E-state index in [9.17, 15) is 18.4 Å². The number of halogens is 2. The first-order valence-electron chi connectivity index (χ1n) is 12.8. The number of likely N-dealkylation sites (tertiary alicyclic amines) is 1. The molecule has 1 unspecified atom stereocenters. The van der Waals surface area contributed by atoms with Crippen LogP contribution in [-0.2, 0) is 11.3 Å². The molecule has 3 aromatic rings. The first-order valence-corrected chi connectivity index (χ1v) is 12.8. The predicted octanol–water partition coefficient (Wildman–Crippen LogP) is 5.30. The van der Waals surface area contributed by atoms with Crippen LogP contribution < -0.4 is 10.6 Å². The summed E-state index contributed by atoms with van der Waals surface area (Å²) in [6.45, 7) is 4.94. The normalized spacial score (nSPS) is 18.6. The number of nitrogens with one attached hydrogen (secondary N) is 2. The van der Waals surface area contributed by atoms with E-state index in [4.69, 9.17) is 0 Å². The van der Waals surface area contributed by atoms with Gasteiger partial charge in [-0.1, -0.05) is 32.0 Å². The molecule has 2 fully saturated rings. The lowest BCUT2D eigenvalue weighted by Gasteiger charge is -2.34. The van der Waals surface area contributed by atoms with Crippen molar-refractivity contribution < 1.29 is 18.4 Å². The highest BCUT2D eigenvalue weighted by molar-refractivity contribution is 6.03. The summed E-state index contributed by atoms with van der Waals surface area (Å²) in [7, 11) is 0. The summed E-state index contributed by atoms with van der Waals surface area (Å²) in [5.41, 5.74) is 1.85. The lowest BCUT2D eigenvalue weighted by molar-refractivity contribution is -0.132. The van der Waals surface area contributed by atoms with Crippen LogP contribution in [0.2, 0.25) is 0 Å². The van der Waals surface area contributed by atoms with Gasteiger partial charge >= 0.3 is 0 Å². The fourth-order valence-corrected chi connectivity index (χ4v) is 5.05. The number of hydrogen-bond donors (Lipinski definition) is 2. The molecule has 6 rings (SSSR count). The van der Waals surface area contributed by atoms with Gasteiger partial charge in [-0.2, -0.15) is 0 Å². The van der Waals surface area contributed by atoms with Crippen molar-refractivity contribution in [1.29, 1.82) is 0 Å². The van der Waals surface area contributed by atoms with E-state index in [2.05, 4.69) is 20.6 Å². The largest absolute Gasteiger partial charge is 0.346 e. The van der Waals surface area contributed by atoms with Gasteiger partial charge < -0.3 is 15.5 Å². The topological polar surface area (TPSA) is 87.2 Å². The quantitative estimate of drug-likeness (QED) is 0.491. The molecule has 0 radical (unpaired) electrons.